The lowest BCUT2D eigenvalue weighted by Gasteiger charge is -2.09. The number of rotatable bonds is 6. The fourth-order valence-electron chi connectivity index (χ4n) is 1.65. The number of sulfonamides is 1. The molecule has 19 heavy (non-hydrogen) atoms. The first-order valence-corrected chi connectivity index (χ1v) is 8.51. The Hall–Kier alpha value is -1.12. The van der Waals surface area contributed by atoms with Gasteiger partial charge in [-0.3, -0.25) is 4.40 Å². The molecule has 0 spiro atoms. The van der Waals surface area contributed by atoms with Gasteiger partial charge in [0.15, 0.2) is 15.8 Å². The third kappa shape index (κ3) is 2.90. The molecule has 0 aliphatic carbocycles. The van der Waals surface area contributed by atoms with Crippen LogP contribution in [-0.2, 0) is 10.0 Å². The van der Waals surface area contributed by atoms with Crippen LogP contribution in [0.15, 0.2) is 16.6 Å². The quantitative estimate of drug-likeness (QED) is 0.852. The van der Waals surface area contributed by atoms with Gasteiger partial charge in [-0.1, -0.05) is 13.8 Å². The molecular weight excluding hydrogens is 284 g/mol. The van der Waals surface area contributed by atoms with E-state index in [1.165, 1.54) is 11.3 Å². The van der Waals surface area contributed by atoms with Gasteiger partial charge in [0.2, 0.25) is 0 Å². The summed E-state index contributed by atoms with van der Waals surface area (Å²) in [6.45, 7) is 6.86. The second-order valence-corrected chi connectivity index (χ2v) is 7.15. The van der Waals surface area contributed by atoms with Gasteiger partial charge in [0.05, 0.1) is 0 Å². The zero-order chi connectivity index (χ0) is 14.0. The first kappa shape index (κ1) is 14.3. The van der Waals surface area contributed by atoms with Gasteiger partial charge in [0.1, 0.15) is 0 Å². The Morgan fingerprint density at radius 3 is 2.84 bits per heavy atom. The lowest BCUT2D eigenvalue weighted by atomic mass is 10.2. The summed E-state index contributed by atoms with van der Waals surface area (Å²) in [5, 5.41) is 5.01. The molecule has 0 radical (unpaired) electrons. The van der Waals surface area contributed by atoms with Crippen LogP contribution in [0.25, 0.3) is 4.96 Å². The molecule has 2 aromatic heterocycles. The number of hydrogen-bond acceptors (Lipinski definition) is 5. The second-order valence-electron chi connectivity index (χ2n) is 4.60. The van der Waals surface area contributed by atoms with E-state index < -0.39 is 10.0 Å². The third-order valence-electron chi connectivity index (χ3n) is 2.50. The predicted octanol–water partition coefficient (Wildman–Crippen LogP) is 1.76. The molecule has 0 saturated carbocycles. The summed E-state index contributed by atoms with van der Waals surface area (Å²) in [5.41, 5.74) is 0. The summed E-state index contributed by atoms with van der Waals surface area (Å²) in [6, 6.07) is 0. The molecule has 8 heteroatoms. The number of anilines is 1. The highest BCUT2D eigenvalue weighted by Crippen LogP contribution is 2.25. The highest BCUT2D eigenvalue weighted by Gasteiger charge is 2.25. The molecule has 2 aromatic rings. The molecule has 0 bridgehead atoms. The van der Waals surface area contributed by atoms with Crippen LogP contribution in [0.2, 0.25) is 0 Å². The van der Waals surface area contributed by atoms with Crippen LogP contribution >= 0.6 is 11.3 Å². The zero-order valence-corrected chi connectivity index (χ0v) is 12.8. The van der Waals surface area contributed by atoms with Crippen molar-refractivity contribution in [2.75, 3.05) is 18.4 Å². The van der Waals surface area contributed by atoms with Crippen molar-refractivity contribution in [1.82, 2.24) is 14.1 Å². The minimum Gasteiger partial charge on any atom is -0.368 e. The average Bonchev–Trinajstić information content (AvgIpc) is 2.86. The molecule has 0 atom stereocenters. The Labute approximate surface area is 116 Å². The molecule has 0 aromatic carbocycles. The maximum Gasteiger partial charge on any atom is 0.260 e. The lowest BCUT2D eigenvalue weighted by molar-refractivity contribution is 0.556. The van der Waals surface area contributed by atoms with Gasteiger partial charge in [0, 0.05) is 24.7 Å². The van der Waals surface area contributed by atoms with E-state index >= 15 is 0 Å². The van der Waals surface area contributed by atoms with Crippen molar-refractivity contribution < 1.29 is 8.42 Å². The molecule has 0 fully saturated rings. The zero-order valence-electron chi connectivity index (χ0n) is 11.2. The molecule has 106 valence electrons. The Balaban J connectivity index is 2.46. The second kappa shape index (κ2) is 5.48. The molecule has 0 amide bonds. The largest absolute Gasteiger partial charge is 0.368 e. The SMILES string of the molecule is CCNc1nc2sccn2c1S(=O)(=O)NCC(C)C. The van der Waals surface area contributed by atoms with Gasteiger partial charge in [-0.15, -0.1) is 11.3 Å². The van der Waals surface area contributed by atoms with Gasteiger partial charge < -0.3 is 5.32 Å². The Morgan fingerprint density at radius 1 is 1.47 bits per heavy atom. The first-order chi connectivity index (χ1) is 8.95. The fraction of sp³-hybridized carbons (Fsp3) is 0.545. The maximum absolute atomic E-state index is 12.4. The summed E-state index contributed by atoms with van der Waals surface area (Å²) >= 11 is 1.41. The summed E-state index contributed by atoms with van der Waals surface area (Å²) in [5.74, 6) is 0.661. The Kier molecular flexibility index (Phi) is 4.12. The van der Waals surface area contributed by atoms with E-state index in [0.717, 1.165) is 0 Å². The maximum atomic E-state index is 12.4. The van der Waals surface area contributed by atoms with Crippen LogP contribution in [0.4, 0.5) is 5.82 Å². The van der Waals surface area contributed by atoms with E-state index in [0.29, 0.717) is 23.9 Å². The normalized spacial score (nSPS) is 12.4. The van der Waals surface area contributed by atoms with Gasteiger partial charge in [-0.05, 0) is 12.8 Å². The van der Waals surface area contributed by atoms with Gasteiger partial charge in [-0.2, -0.15) is 0 Å². The number of thiazole rings is 1. The van der Waals surface area contributed by atoms with E-state index in [-0.39, 0.29) is 10.9 Å². The van der Waals surface area contributed by atoms with Gasteiger partial charge in [0.25, 0.3) is 10.0 Å². The Bertz CT molecular complexity index is 657. The number of nitrogens with one attached hydrogen (secondary N) is 2. The molecule has 0 unspecified atom stereocenters. The molecule has 0 aliphatic rings. The fourth-order valence-corrected chi connectivity index (χ4v) is 3.89. The molecule has 0 aliphatic heterocycles. The van der Waals surface area contributed by atoms with E-state index in [9.17, 15) is 8.42 Å². The van der Waals surface area contributed by atoms with Gasteiger partial charge in [-0.25, -0.2) is 18.1 Å². The van der Waals surface area contributed by atoms with Gasteiger partial charge >= 0.3 is 0 Å². The number of hydrogen-bond donors (Lipinski definition) is 2. The summed E-state index contributed by atoms with van der Waals surface area (Å²) in [6.07, 6.45) is 1.72. The van der Waals surface area contributed by atoms with Crippen molar-refractivity contribution in [3.05, 3.63) is 11.6 Å². The van der Waals surface area contributed by atoms with E-state index in [4.69, 9.17) is 0 Å². The molecular formula is C11H18N4O2S2. The van der Waals surface area contributed by atoms with Crippen LogP contribution in [0.3, 0.4) is 0 Å². The monoisotopic (exact) mass is 302 g/mol. The van der Waals surface area contributed by atoms with Crippen LogP contribution in [-0.4, -0.2) is 30.9 Å². The van der Waals surface area contributed by atoms with Crippen molar-refractivity contribution >= 4 is 32.1 Å². The smallest absolute Gasteiger partial charge is 0.260 e. The highest BCUT2D eigenvalue weighted by molar-refractivity contribution is 7.89. The third-order valence-corrected chi connectivity index (χ3v) is 4.70. The topological polar surface area (TPSA) is 75.5 Å². The molecule has 2 rings (SSSR count). The van der Waals surface area contributed by atoms with Crippen molar-refractivity contribution in [3.8, 4) is 0 Å². The molecule has 2 heterocycles. The molecule has 2 N–H and O–H groups in total. The molecule has 0 saturated heterocycles. The van der Waals surface area contributed by atoms with Crippen molar-refractivity contribution in [2.24, 2.45) is 5.92 Å². The van der Waals surface area contributed by atoms with Crippen molar-refractivity contribution in [2.45, 2.75) is 25.8 Å². The van der Waals surface area contributed by atoms with E-state index in [2.05, 4.69) is 15.0 Å². The summed E-state index contributed by atoms with van der Waals surface area (Å²) < 4.78 is 29.0. The average molecular weight is 302 g/mol. The van der Waals surface area contributed by atoms with Crippen LogP contribution in [0.5, 0.6) is 0 Å². The van der Waals surface area contributed by atoms with Crippen molar-refractivity contribution in [1.29, 1.82) is 0 Å². The minimum absolute atomic E-state index is 0.186. The van der Waals surface area contributed by atoms with Crippen LogP contribution < -0.4 is 10.0 Å². The molecule has 6 nitrogen and oxygen atoms in total. The highest BCUT2D eigenvalue weighted by atomic mass is 32.2. The predicted molar refractivity (Wildman–Crippen MR) is 77.3 cm³/mol. The standard InChI is InChI=1S/C11H18N4O2S2/c1-4-12-9-10(15-5-6-18-11(15)14-9)19(16,17)13-7-8(2)3/h5-6,8,12-13H,4,7H2,1-3H3. The number of imidazole rings is 1. The van der Waals surface area contributed by atoms with Crippen molar-refractivity contribution in [3.63, 3.8) is 0 Å². The lowest BCUT2D eigenvalue weighted by Crippen LogP contribution is -2.29. The van der Waals surface area contributed by atoms with Crippen LogP contribution in [0, 0.1) is 5.92 Å². The minimum atomic E-state index is -3.57. The van der Waals surface area contributed by atoms with E-state index in [1.54, 1.807) is 10.6 Å². The number of fused-ring (bicyclic) bond motifs is 1. The van der Waals surface area contributed by atoms with E-state index in [1.807, 2.05) is 26.2 Å². The number of nitrogens with zero attached hydrogens (tertiary/aromatic N) is 2. The number of aromatic nitrogens is 2. The summed E-state index contributed by atoms with van der Waals surface area (Å²) in [7, 11) is -3.57. The Morgan fingerprint density at radius 2 is 2.21 bits per heavy atom. The first-order valence-electron chi connectivity index (χ1n) is 6.14. The van der Waals surface area contributed by atoms with Crippen LogP contribution in [0.1, 0.15) is 20.8 Å². The summed E-state index contributed by atoms with van der Waals surface area (Å²) in [4.78, 5) is 4.97.